The lowest BCUT2D eigenvalue weighted by molar-refractivity contribution is -0.123. The first-order valence-electron chi connectivity index (χ1n) is 28.5. The molecule has 378 valence electrons. The second kappa shape index (κ2) is 50.9. The Morgan fingerprint density at radius 1 is 0.397 bits per heavy atom. The molecule has 0 saturated carbocycles. The topological polar surface area (TPSA) is 116 Å². The SMILES string of the molecule is CCCCCCCCCCCCCCCCCCCCCCCCCCCCCCCCC(=O)N[C@@H](COP(=O)(O)O)[C@H](O)CCCCCCCCCCCCCCCCCCC. The van der Waals surface area contributed by atoms with Crippen molar-refractivity contribution < 1.29 is 28.8 Å². The Labute approximate surface area is 393 Å². The van der Waals surface area contributed by atoms with Crippen molar-refractivity contribution in [2.24, 2.45) is 0 Å². The number of aliphatic hydroxyl groups is 1. The van der Waals surface area contributed by atoms with Crippen LogP contribution in [0.5, 0.6) is 0 Å². The largest absolute Gasteiger partial charge is 0.469 e. The number of nitrogens with one attached hydrogen (secondary N) is 1. The Bertz CT molecular complexity index is 946. The molecule has 0 bridgehead atoms. The molecule has 0 fully saturated rings. The van der Waals surface area contributed by atoms with Gasteiger partial charge in [0.15, 0.2) is 0 Å². The molecule has 0 aliphatic rings. The Morgan fingerprint density at radius 3 is 0.857 bits per heavy atom. The number of carbonyl (C=O) groups is 1. The molecule has 0 saturated heterocycles. The summed E-state index contributed by atoms with van der Waals surface area (Å²) in [5.74, 6) is -0.184. The molecule has 63 heavy (non-hydrogen) atoms. The van der Waals surface area contributed by atoms with Crippen molar-refractivity contribution in [3.8, 4) is 0 Å². The predicted octanol–water partition coefficient (Wildman–Crippen LogP) is 18.1. The summed E-state index contributed by atoms with van der Waals surface area (Å²) in [5.41, 5.74) is 0. The first kappa shape index (κ1) is 62.5. The van der Waals surface area contributed by atoms with Gasteiger partial charge in [0.05, 0.1) is 18.8 Å². The lowest BCUT2D eigenvalue weighted by atomic mass is 10.0. The Morgan fingerprint density at radius 2 is 0.619 bits per heavy atom. The fourth-order valence-corrected chi connectivity index (χ4v) is 9.65. The molecule has 2 atom stereocenters. The third-order valence-electron chi connectivity index (χ3n) is 13.6. The molecule has 8 heteroatoms. The second-order valence-corrected chi connectivity index (χ2v) is 21.2. The van der Waals surface area contributed by atoms with Crippen LogP contribution >= 0.6 is 7.82 Å². The zero-order valence-electron chi connectivity index (χ0n) is 42.5. The Kier molecular flexibility index (Phi) is 50.6. The average molecular weight is 914 g/mol. The minimum atomic E-state index is -4.69. The van der Waals surface area contributed by atoms with Crippen molar-refractivity contribution in [3.05, 3.63) is 0 Å². The van der Waals surface area contributed by atoms with E-state index in [9.17, 15) is 24.3 Å². The number of phosphoric acid groups is 1. The molecule has 0 heterocycles. The molecule has 0 aromatic carbocycles. The van der Waals surface area contributed by atoms with Crippen LogP contribution in [0.2, 0.25) is 0 Å². The van der Waals surface area contributed by atoms with E-state index in [1.807, 2.05) is 0 Å². The molecule has 0 radical (unpaired) electrons. The summed E-state index contributed by atoms with van der Waals surface area (Å²) in [6.07, 6.45) is 62.8. The van der Waals surface area contributed by atoms with Gasteiger partial charge in [-0.15, -0.1) is 0 Å². The summed E-state index contributed by atoms with van der Waals surface area (Å²) in [6.45, 7) is 4.18. The lowest BCUT2D eigenvalue weighted by Crippen LogP contribution is -2.46. The van der Waals surface area contributed by atoms with Crippen LogP contribution in [0.15, 0.2) is 0 Å². The van der Waals surface area contributed by atoms with Crippen LogP contribution in [-0.2, 0) is 13.9 Å². The van der Waals surface area contributed by atoms with E-state index in [0.717, 1.165) is 38.5 Å². The van der Waals surface area contributed by atoms with E-state index in [1.54, 1.807) is 0 Å². The van der Waals surface area contributed by atoms with Gasteiger partial charge in [0.1, 0.15) is 0 Å². The van der Waals surface area contributed by atoms with Gasteiger partial charge in [0.25, 0.3) is 0 Å². The molecule has 0 rings (SSSR count). The minimum Gasteiger partial charge on any atom is -0.391 e. The normalized spacial score (nSPS) is 12.9. The number of hydrogen-bond donors (Lipinski definition) is 4. The lowest BCUT2D eigenvalue weighted by Gasteiger charge is -2.24. The third kappa shape index (κ3) is 52.4. The molecule has 0 aliphatic carbocycles. The molecule has 0 spiro atoms. The highest BCUT2D eigenvalue weighted by Crippen LogP contribution is 2.36. The Balaban J connectivity index is 3.66. The monoisotopic (exact) mass is 914 g/mol. The number of carbonyl (C=O) groups excluding carboxylic acids is 1. The van der Waals surface area contributed by atoms with Gasteiger partial charge < -0.3 is 20.2 Å². The van der Waals surface area contributed by atoms with Crippen molar-refractivity contribution in [1.82, 2.24) is 5.32 Å². The maximum Gasteiger partial charge on any atom is 0.469 e. The molecule has 4 N–H and O–H groups in total. The predicted molar refractivity (Wildman–Crippen MR) is 274 cm³/mol. The van der Waals surface area contributed by atoms with Gasteiger partial charge in [-0.3, -0.25) is 9.32 Å². The average Bonchev–Trinajstić information content (AvgIpc) is 3.26. The molecule has 7 nitrogen and oxygen atoms in total. The van der Waals surface area contributed by atoms with Crippen LogP contribution in [0.3, 0.4) is 0 Å². The highest BCUT2D eigenvalue weighted by molar-refractivity contribution is 7.46. The molecular formula is C55H112NO6P. The van der Waals surface area contributed by atoms with Gasteiger partial charge in [-0.1, -0.05) is 309 Å². The van der Waals surface area contributed by atoms with E-state index in [1.165, 1.54) is 263 Å². The van der Waals surface area contributed by atoms with Crippen molar-refractivity contribution in [2.75, 3.05) is 6.61 Å². The quantitative estimate of drug-likeness (QED) is 0.0357. The van der Waals surface area contributed by atoms with Crippen LogP contribution in [0.1, 0.15) is 328 Å². The van der Waals surface area contributed by atoms with Gasteiger partial charge >= 0.3 is 7.82 Å². The summed E-state index contributed by atoms with van der Waals surface area (Å²) in [4.78, 5) is 31.2. The summed E-state index contributed by atoms with van der Waals surface area (Å²) in [7, 11) is -4.69. The first-order valence-corrected chi connectivity index (χ1v) is 30.0. The van der Waals surface area contributed by atoms with E-state index in [2.05, 4.69) is 19.2 Å². The van der Waals surface area contributed by atoms with Gasteiger partial charge in [0.2, 0.25) is 5.91 Å². The number of phosphoric ester groups is 1. The summed E-state index contributed by atoms with van der Waals surface area (Å²) >= 11 is 0. The number of rotatable bonds is 54. The van der Waals surface area contributed by atoms with Crippen molar-refractivity contribution >= 4 is 13.7 Å². The molecule has 0 aliphatic heterocycles. The highest BCUT2D eigenvalue weighted by atomic mass is 31.2. The highest BCUT2D eigenvalue weighted by Gasteiger charge is 2.25. The smallest absolute Gasteiger partial charge is 0.391 e. The number of aliphatic hydroxyl groups excluding tert-OH is 1. The maximum absolute atomic E-state index is 12.7. The molecule has 0 aromatic heterocycles. The van der Waals surface area contributed by atoms with Crippen LogP contribution < -0.4 is 5.32 Å². The summed E-state index contributed by atoms with van der Waals surface area (Å²) in [6, 6.07) is -0.820. The maximum atomic E-state index is 12.7. The van der Waals surface area contributed by atoms with E-state index in [-0.39, 0.29) is 5.91 Å². The van der Waals surface area contributed by atoms with Crippen LogP contribution in [0.25, 0.3) is 0 Å². The van der Waals surface area contributed by atoms with E-state index >= 15 is 0 Å². The number of unbranched alkanes of at least 4 members (excludes halogenated alkanes) is 45. The summed E-state index contributed by atoms with van der Waals surface area (Å²) < 4.78 is 16.1. The third-order valence-corrected chi connectivity index (χ3v) is 14.1. The molecule has 0 unspecified atom stereocenters. The summed E-state index contributed by atoms with van der Waals surface area (Å²) in [5, 5.41) is 13.6. The van der Waals surface area contributed by atoms with Crippen LogP contribution in [-0.4, -0.2) is 39.6 Å². The molecule has 0 aromatic rings. The zero-order chi connectivity index (χ0) is 46.0. The van der Waals surface area contributed by atoms with E-state index < -0.39 is 26.6 Å². The number of hydrogen-bond acceptors (Lipinski definition) is 4. The zero-order valence-corrected chi connectivity index (χ0v) is 43.4. The van der Waals surface area contributed by atoms with Gasteiger partial charge in [0, 0.05) is 6.42 Å². The van der Waals surface area contributed by atoms with Crippen LogP contribution in [0, 0.1) is 0 Å². The van der Waals surface area contributed by atoms with E-state index in [0.29, 0.717) is 12.8 Å². The van der Waals surface area contributed by atoms with Crippen molar-refractivity contribution in [2.45, 2.75) is 341 Å². The van der Waals surface area contributed by atoms with E-state index in [4.69, 9.17) is 4.52 Å². The van der Waals surface area contributed by atoms with Crippen LogP contribution in [0.4, 0.5) is 0 Å². The van der Waals surface area contributed by atoms with Gasteiger partial charge in [-0.2, -0.15) is 0 Å². The standard InChI is InChI=1S/C55H112NO6P/c1-3-5-7-9-11-13-15-17-19-21-22-23-24-25-26-27-28-29-30-31-32-33-35-37-39-41-43-45-47-49-51-55(58)56-53(52-62-63(59,60)61)54(57)50-48-46-44-42-40-38-36-34-20-18-16-14-12-10-8-6-4-2/h53-54,57H,3-52H2,1-2H3,(H,56,58)(H2,59,60,61)/t53-,54+/m0/s1. The first-order chi connectivity index (χ1) is 30.8. The fourth-order valence-electron chi connectivity index (χ4n) is 9.29. The van der Waals surface area contributed by atoms with Gasteiger partial charge in [-0.05, 0) is 12.8 Å². The van der Waals surface area contributed by atoms with Gasteiger partial charge in [-0.25, -0.2) is 4.57 Å². The van der Waals surface area contributed by atoms with Crippen molar-refractivity contribution in [1.29, 1.82) is 0 Å². The fraction of sp³-hybridized carbons (Fsp3) is 0.982. The number of amides is 1. The Hall–Kier alpha value is -0.460. The second-order valence-electron chi connectivity index (χ2n) is 20.0. The minimum absolute atomic E-state index is 0.184. The molecular weight excluding hydrogens is 802 g/mol. The molecule has 1 amide bonds. The van der Waals surface area contributed by atoms with Crippen molar-refractivity contribution in [3.63, 3.8) is 0 Å².